The van der Waals surface area contributed by atoms with Crippen molar-refractivity contribution in [3.8, 4) is 0 Å². The lowest BCUT2D eigenvalue weighted by atomic mass is 9.91. The average Bonchev–Trinajstić information content (AvgIpc) is 2.94. The van der Waals surface area contributed by atoms with Crippen molar-refractivity contribution in [1.29, 1.82) is 0 Å². The normalized spacial score (nSPS) is 19.6. The lowest BCUT2D eigenvalue weighted by Gasteiger charge is -2.20. The molecule has 2 rings (SSSR count). The summed E-state index contributed by atoms with van der Waals surface area (Å²) in [7, 11) is 0. The van der Waals surface area contributed by atoms with E-state index in [4.69, 9.17) is 9.47 Å². The summed E-state index contributed by atoms with van der Waals surface area (Å²) in [5.74, 6) is -1.59. The van der Waals surface area contributed by atoms with Crippen molar-refractivity contribution in [2.75, 3.05) is 13.2 Å². The third-order valence-electron chi connectivity index (χ3n) is 3.29. The molecule has 1 aliphatic rings. The van der Waals surface area contributed by atoms with E-state index < -0.39 is 11.9 Å². The van der Waals surface area contributed by atoms with Crippen molar-refractivity contribution < 1.29 is 19.1 Å². The average molecular weight is 341 g/mol. The number of ketones is 1. The van der Waals surface area contributed by atoms with Gasteiger partial charge in [-0.1, -0.05) is 28.1 Å². The maximum atomic E-state index is 12.6. The minimum absolute atomic E-state index is 0.233. The molecule has 4 nitrogen and oxygen atoms in total. The molecule has 2 atom stereocenters. The lowest BCUT2D eigenvalue weighted by molar-refractivity contribution is -0.149. The molecule has 0 bridgehead atoms. The van der Waals surface area contributed by atoms with Gasteiger partial charge in [0.1, 0.15) is 5.92 Å². The van der Waals surface area contributed by atoms with Crippen molar-refractivity contribution in [2.24, 2.45) is 5.92 Å². The molecule has 1 fully saturated rings. The maximum absolute atomic E-state index is 12.6. The van der Waals surface area contributed by atoms with E-state index in [0.29, 0.717) is 18.6 Å². The van der Waals surface area contributed by atoms with Gasteiger partial charge in [0, 0.05) is 16.6 Å². The standard InChI is InChI=1S/C15H17BrO4/c1-2-19-15(18)13(12-4-3-9-20-12)14(17)10-5-7-11(16)8-6-10/h5-8,12-13H,2-4,9H2,1H3. The summed E-state index contributed by atoms with van der Waals surface area (Å²) in [6.07, 6.45) is 1.21. The minimum Gasteiger partial charge on any atom is -0.465 e. The van der Waals surface area contributed by atoms with Crippen LogP contribution in [0.1, 0.15) is 30.1 Å². The fourth-order valence-corrected chi connectivity index (χ4v) is 2.58. The molecule has 1 aromatic carbocycles. The van der Waals surface area contributed by atoms with E-state index in [2.05, 4.69) is 15.9 Å². The van der Waals surface area contributed by atoms with Crippen LogP contribution in [0.3, 0.4) is 0 Å². The molecule has 0 spiro atoms. The Morgan fingerprint density at radius 3 is 2.65 bits per heavy atom. The molecular weight excluding hydrogens is 324 g/mol. The zero-order chi connectivity index (χ0) is 14.5. The smallest absolute Gasteiger partial charge is 0.319 e. The van der Waals surface area contributed by atoms with Crippen LogP contribution in [0.15, 0.2) is 28.7 Å². The summed E-state index contributed by atoms with van der Waals surface area (Å²) in [5.41, 5.74) is 0.502. The molecule has 0 radical (unpaired) electrons. The summed E-state index contributed by atoms with van der Waals surface area (Å²) in [6.45, 7) is 2.58. The van der Waals surface area contributed by atoms with E-state index in [-0.39, 0.29) is 18.5 Å². The summed E-state index contributed by atoms with van der Waals surface area (Å²) in [5, 5.41) is 0. The maximum Gasteiger partial charge on any atom is 0.319 e. The summed E-state index contributed by atoms with van der Waals surface area (Å²) >= 11 is 3.32. The van der Waals surface area contributed by atoms with Crippen molar-refractivity contribution in [2.45, 2.75) is 25.9 Å². The molecule has 0 amide bonds. The van der Waals surface area contributed by atoms with Crippen LogP contribution in [0.2, 0.25) is 0 Å². The van der Waals surface area contributed by atoms with Crippen LogP contribution in [0.25, 0.3) is 0 Å². The lowest BCUT2D eigenvalue weighted by Crippen LogP contribution is -2.36. The van der Waals surface area contributed by atoms with Gasteiger partial charge in [-0.2, -0.15) is 0 Å². The highest BCUT2D eigenvalue weighted by molar-refractivity contribution is 9.10. The van der Waals surface area contributed by atoms with Gasteiger partial charge in [0.15, 0.2) is 5.78 Å². The van der Waals surface area contributed by atoms with Crippen LogP contribution >= 0.6 is 15.9 Å². The first-order valence-electron chi connectivity index (χ1n) is 6.71. The number of hydrogen-bond acceptors (Lipinski definition) is 4. The molecule has 0 N–H and O–H groups in total. The Kier molecular flexibility index (Phi) is 5.31. The molecule has 2 unspecified atom stereocenters. The number of halogens is 1. The molecule has 5 heteroatoms. The van der Waals surface area contributed by atoms with Gasteiger partial charge in [0.05, 0.1) is 12.7 Å². The van der Waals surface area contributed by atoms with Gasteiger partial charge in [0.2, 0.25) is 0 Å². The van der Waals surface area contributed by atoms with Crippen LogP contribution in [0.4, 0.5) is 0 Å². The van der Waals surface area contributed by atoms with Crippen molar-refractivity contribution in [1.82, 2.24) is 0 Å². The molecule has 108 valence electrons. The molecule has 0 aromatic heterocycles. The highest BCUT2D eigenvalue weighted by Crippen LogP contribution is 2.25. The van der Waals surface area contributed by atoms with E-state index in [1.165, 1.54) is 0 Å². The predicted molar refractivity (Wildman–Crippen MR) is 77.6 cm³/mol. The second-order valence-electron chi connectivity index (χ2n) is 4.65. The number of esters is 1. The Morgan fingerprint density at radius 1 is 1.40 bits per heavy atom. The van der Waals surface area contributed by atoms with Crippen molar-refractivity contribution >= 4 is 27.7 Å². The second-order valence-corrected chi connectivity index (χ2v) is 5.57. The third-order valence-corrected chi connectivity index (χ3v) is 3.82. The van der Waals surface area contributed by atoms with E-state index in [1.807, 2.05) is 0 Å². The van der Waals surface area contributed by atoms with Gasteiger partial charge in [-0.25, -0.2) is 0 Å². The van der Waals surface area contributed by atoms with E-state index in [9.17, 15) is 9.59 Å². The summed E-state index contributed by atoms with van der Waals surface area (Å²) in [6, 6.07) is 6.97. The Labute approximate surface area is 126 Å². The number of carbonyl (C=O) groups excluding carboxylic acids is 2. The first-order chi connectivity index (χ1) is 9.63. The van der Waals surface area contributed by atoms with Crippen LogP contribution in [-0.4, -0.2) is 31.1 Å². The SMILES string of the molecule is CCOC(=O)C(C(=O)c1ccc(Br)cc1)C1CCCO1. The van der Waals surface area contributed by atoms with Crippen LogP contribution < -0.4 is 0 Å². The number of carbonyl (C=O) groups is 2. The number of rotatable bonds is 5. The molecule has 0 saturated carbocycles. The third kappa shape index (κ3) is 3.46. The molecular formula is C15H17BrO4. The Morgan fingerprint density at radius 2 is 2.10 bits per heavy atom. The first-order valence-corrected chi connectivity index (χ1v) is 7.50. The molecule has 1 aromatic rings. The highest BCUT2D eigenvalue weighted by Gasteiger charge is 2.38. The minimum atomic E-state index is -0.862. The van der Waals surface area contributed by atoms with Crippen LogP contribution in [-0.2, 0) is 14.3 Å². The largest absolute Gasteiger partial charge is 0.465 e. The number of ether oxygens (including phenoxy) is 2. The van der Waals surface area contributed by atoms with Gasteiger partial charge in [-0.15, -0.1) is 0 Å². The van der Waals surface area contributed by atoms with Crippen LogP contribution in [0.5, 0.6) is 0 Å². The second kappa shape index (κ2) is 6.99. The molecule has 0 aliphatic carbocycles. The highest BCUT2D eigenvalue weighted by atomic mass is 79.9. The van der Waals surface area contributed by atoms with Gasteiger partial charge >= 0.3 is 5.97 Å². The Bertz CT molecular complexity index is 477. The predicted octanol–water partition coefficient (Wildman–Crippen LogP) is 2.99. The number of hydrogen-bond donors (Lipinski definition) is 0. The topological polar surface area (TPSA) is 52.6 Å². The van der Waals surface area contributed by atoms with Crippen molar-refractivity contribution in [3.63, 3.8) is 0 Å². The Hall–Kier alpha value is -1.20. The van der Waals surface area contributed by atoms with Crippen molar-refractivity contribution in [3.05, 3.63) is 34.3 Å². The molecule has 1 aliphatic heterocycles. The summed E-state index contributed by atoms with van der Waals surface area (Å²) in [4.78, 5) is 24.6. The molecule has 20 heavy (non-hydrogen) atoms. The number of Topliss-reactive ketones (excluding diaryl/α,β-unsaturated/α-hetero) is 1. The van der Waals surface area contributed by atoms with E-state index >= 15 is 0 Å². The van der Waals surface area contributed by atoms with Crippen LogP contribution in [0, 0.1) is 5.92 Å². The summed E-state index contributed by atoms with van der Waals surface area (Å²) < 4.78 is 11.4. The fraction of sp³-hybridized carbons (Fsp3) is 0.467. The quantitative estimate of drug-likeness (QED) is 0.469. The van der Waals surface area contributed by atoms with Gasteiger partial charge in [0.25, 0.3) is 0 Å². The number of benzene rings is 1. The zero-order valence-corrected chi connectivity index (χ0v) is 12.9. The first kappa shape index (κ1) is 15.2. The molecule has 1 saturated heterocycles. The monoisotopic (exact) mass is 340 g/mol. The Balaban J connectivity index is 2.22. The van der Waals surface area contributed by atoms with Gasteiger partial charge in [-0.05, 0) is 31.9 Å². The fourth-order valence-electron chi connectivity index (χ4n) is 2.32. The van der Waals surface area contributed by atoms with E-state index in [0.717, 1.165) is 10.9 Å². The van der Waals surface area contributed by atoms with E-state index in [1.54, 1.807) is 31.2 Å². The zero-order valence-electron chi connectivity index (χ0n) is 11.3. The van der Waals surface area contributed by atoms with Gasteiger partial charge < -0.3 is 9.47 Å². The molecule has 1 heterocycles. The van der Waals surface area contributed by atoms with Gasteiger partial charge in [-0.3, -0.25) is 9.59 Å².